The Bertz CT molecular complexity index is 704. The zero-order chi connectivity index (χ0) is 18.1. The number of carbonyl (C=O) groups is 2. The second-order valence-corrected chi connectivity index (χ2v) is 7.37. The molecule has 2 atom stereocenters. The van der Waals surface area contributed by atoms with E-state index in [1.165, 1.54) is 10.3 Å². The molecular weight excluding hydrogens is 318 g/mol. The van der Waals surface area contributed by atoms with Gasteiger partial charge >= 0.3 is 0 Å². The average Bonchev–Trinajstić information content (AvgIpc) is 2.73. The summed E-state index contributed by atoms with van der Waals surface area (Å²) in [5.41, 5.74) is 7.89. The van der Waals surface area contributed by atoms with Gasteiger partial charge in [-0.2, -0.15) is 5.10 Å². The molecule has 3 saturated heterocycles. The maximum Gasteiger partial charge on any atom is 0.244 e. The molecule has 0 aromatic carbocycles. The van der Waals surface area contributed by atoms with Crippen LogP contribution in [0.15, 0.2) is 17.7 Å². The summed E-state index contributed by atoms with van der Waals surface area (Å²) < 4.78 is 1.53. The second kappa shape index (κ2) is 6.90. The van der Waals surface area contributed by atoms with Crippen molar-refractivity contribution in [1.29, 1.82) is 0 Å². The lowest BCUT2D eigenvalue weighted by Gasteiger charge is -2.35. The van der Waals surface area contributed by atoms with Gasteiger partial charge in [0, 0.05) is 31.7 Å². The van der Waals surface area contributed by atoms with Crippen molar-refractivity contribution >= 4 is 17.6 Å². The van der Waals surface area contributed by atoms with Crippen molar-refractivity contribution in [2.45, 2.75) is 46.2 Å². The van der Waals surface area contributed by atoms with Crippen LogP contribution in [0.5, 0.6) is 0 Å². The lowest BCUT2D eigenvalue weighted by atomic mass is 9.94. The van der Waals surface area contributed by atoms with Gasteiger partial charge in [0.25, 0.3) is 0 Å². The molecule has 25 heavy (non-hydrogen) atoms. The van der Waals surface area contributed by atoms with Gasteiger partial charge < -0.3 is 15.5 Å². The Kier molecular flexibility index (Phi) is 4.83. The highest BCUT2D eigenvalue weighted by atomic mass is 16.2. The van der Waals surface area contributed by atoms with Gasteiger partial charge in [-0.3, -0.25) is 9.59 Å². The molecule has 136 valence electrons. The summed E-state index contributed by atoms with van der Waals surface area (Å²) in [6.07, 6.45) is 3.90. The second-order valence-electron chi connectivity index (χ2n) is 7.37. The van der Waals surface area contributed by atoms with E-state index in [4.69, 9.17) is 5.73 Å². The summed E-state index contributed by atoms with van der Waals surface area (Å²) in [7, 11) is 0. The zero-order valence-corrected chi connectivity index (χ0v) is 15.2. The fourth-order valence-electron chi connectivity index (χ4n) is 3.69. The molecule has 2 amide bonds. The van der Waals surface area contributed by atoms with Crippen LogP contribution in [0.1, 0.15) is 32.4 Å². The lowest BCUT2D eigenvalue weighted by Crippen LogP contribution is -2.48. The van der Waals surface area contributed by atoms with Crippen molar-refractivity contribution in [3.05, 3.63) is 23.4 Å². The number of hydrogen-bond donors (Lipinski definition) is 1. The zero-order valence-electron chi connectivity index (χ0n) is 15.2. The van der Waals surface area contributed by atoms with Gasteiger partial charge in [0.05, 0.1) is 11.6 Å². The molecule has 0 radical (unpaired) electrons. The van der Waals surface area contributed by atoms with Gasteiger partial charge in [0.2, 0.25) is 11.8 Å². The number of fused-ring (bicyclic) bond motifs is 4. The summed E-state index contributed by atoms with van der Waals surface area (Å²) in [5.74, 6) is 0.553. The van der Waals surface area contributed by atoms with Crippen LogP contribution in [0, 0.1) is 12.8 Å². The predicted octanol–water partition coefficient (Wildman–Crippen LogP) is 1.19. The molecule has 2 bridgehead atoms. The Morgan fingerprint density at radius 3 is 2.76 bits per heavy atom. The van der Waals surface area contributed by atoms with Crippen LogP contribution >= 0.6 is 0 Å². The molecule has 0 spiro atoms. The number of hydrogen-bond acceptors (Lipinski definition) is 4. The largest absolute Gasteiger partial charge is 0.384 e. The van der Waals surface area contributed by atoms with E-state index in [0.29, 0.717) is 25.5 Å². The summed E-state index contributed by atoms with van der Waals surface area (Å²) in [6, 6.07) is 1.85. The van der Waals surface area contributed by atoms with Crippen molar-refractivity contribution in [3.63, 3.8) is 0 Å². The Labute approximate surface area is 148 Å². The Morgan fingerprint density at radius 2 is 2.12 bits per heavy atom. The van der Waals surface area contributed by atoms with E-state index in [2.05, 4.69) is 11.2 Å². The number of nitrogen functional groups attached to an aromatic ring is 1. The van der Waals surface area contributed by atoms with E-state index in [-0.39, 0.29) is 30.3 Å². The van der Waals surface area contributed by atoms with Crippen molar-refractivity contribution < 1.29 is 9.59 Å². The van der Waals surface area contributed by atoms with Gasteiger partial charge in [-0.1, -0.05) is 11.6 Å². The average molecular weight is 345 g/mol. The Hall–Kier alpha value is -2.31. The summed E-state index contributed by atoms with van der Waals surface area (Å²) in [4.78, 5) is 29.2. The van der Waals surface area contributed by atoms with Crippen LogP contribution < -0.4 is 5.73 Å². The van der Waals surface area contributed by atoms with Gasteiger partial charge in [-0.05, 0) is 33.6 Å². The number of anilines is 1. The number of amides is 2. The predicted molar refractivity (Wildman–Crippen MR) is 95.6 cm³/mol. The number of piperidine rings is 1. The van der Waals surface area contributed by atoms with Gasteiger partial charge in [0.1, 0.15) is 12.4 Å². The Balaban J connectivity index is 1.72. The molecule has 4 rings (SSSR count). The highest BCUT2D eigenvalue weighted by Gasteiger charge is 2.41. The monoisotopic (exact) mass is 345 g/mol. The summed E-state index contributed by atoms with van der Waals surface area (Å²) in [5, 5.41) is 4.26. The first-order valence-corrected chi connectivity index (χ1v) is 8.86. The fraction of sp³-hybridized carbons (Fsp3) is 0.611. The first kappa shape index (κ1) is 17.5. The van der Waals surface area contributed by atoms with Crippen molar-refractivity contribution in [2.75, 3.05) is 25.4 Å². The molecule has 1 aromatic rings. The molecule has 3 fully saturated rings. The molecule has 2 N–H and O–H groups in total. The number of carbonyl (C=O) groups excluding carboxylic acids is 2. The quantitative estimate of drug-likeness (QED) is 0.831. The molecule has 7 heteroatoms. The van der Waals surface area contributed by atoms with Crippen LogP contribution in [0.25, 0.3) is 0 Å². The topological polar surface area (TPSA) is 84.5 Å². The van der Waals surface area contributed by atoms with Gasteiger partial charge in [0.15, 0.2) is 0 Å². The maximum absolute atomic E-state index is 12.7. The number of aromatic nitrogens is 2. The number of rotatable bonds is 4. The first-order chi connectivity index (χ1) is 11.8. The number of nitrogens with two attached hydrogens (primary N) is 1. The number of aryl methyl sites for hydroxylation is 1. The minimum Gasteiger partial charge on any atom is -0.384 e. The summed E-state index contributed by atoms with van der Waals surface area (Å²) >= 11 is 0. The van der Waals surface area contributed by atoms with Crippen LogP contribution in [0.3, 0.4) is 0 Å². The molecule has 0 aliphatic carbocycles. The molecular formula is C18H27N5O2. The van der Waals surface area contributed by atoms with Crippen LogP contribution in [0.4, 0.5) is 5.82 Å². The highest BCUT2D eigenvalue weighted by Crippen LogP contribution is 2.29. The number of nitrogens with zero attached hydrogens (tertiary/aromatic N) is 4. The number of allylic oxidation sites excluding steroid dienone is 1. The van der Waals surface area contributed by atoms with E-state index in [1.54, 1.807) is 6.07 Å². The van der Waals surface area contributed by atoms with E-state index < -0.39 is 0 Å². The van der Waals surface area contributed by atoms with Crippen LogP contribution in [-0.2, 0) is 16.1 Å². The molecule has 0 unspecified atom stereocenters. The van der Waals surface area contributed by atoms with Gasteiger partial charge in [-0.25, -0.2) is 4.68 Å². The summed E-state index contributed by atoms with van der Waals surface area (Å²) in [6.45, 7) is 7.78. The van der Waals surface area contributed by atoms with Crippen molar-refractivity contribution in [1.82, 2.24) is 19.6 Å². The van der Waals surface area contributed by atoms with Crippen molar-refractivity contribution in [3.8, 4) is 0 Å². The smallest absolute Gasteiger partial charge is 0.244 e. The standard InChI is InChI=1S/C18H27N5O2/c1-12(2)6-7-22-15-5-4-14(18(22)25)9-21(10-15)17(24)11-23-16(19)8-13(3)20-23/h6,8,14-15H,4-5,7,9-11,19H2,1-3H3/t14-,15+/m1/s1. The van der Waals surface area contributed by atoms with E-state index >= 15 is 0 Å². The van der Waals surface area contributed by atoms with E-state index in [0.717, 1.165) is 18.5 Å². The first-order valence-electron chi connectivity index (χ1n) is 8.86. The minimum atomic E-state index is -0.0926. The highest BCUT2D eigenvalue weighted by molar-refractivity contribution is 5.83. The SMILES string of the molecule is CC(C)=CCN1C(=O)[C@@H]2CC[C@H]1CN(C(=O)Cn1nc(C)cc1N)C2. The molecule has 0 saturated carbocycles. The lowest BCUT2D eigenvalue weighted by molar-refractivity contribution is -0.139. The third kappa shape index (κ3) is 3.70. The molecule has 1 aromatic heterocycles. The molecule has 3 aliphatic rings. The minimum absolute atomic E-state index is 0.0245. The molecule has 4 heterocycles. The van der Waals surface area contributed by atoms with Crippen LogP contribution in [0.2, 0.25) is 0 Å². The normalized spacial score (nSPS) is 22.9. The van der Waals surface area contributed by atoms with Crippen LogP contribution in [-0.4, -0.2) is 57.1 Å². The maximum atomic E-state index is 12.7. The van der Waals surface area contributed by atoms with E-state index in [1.807, 2.05) is 30.6 Å². The Morgan fingerprint density at radius 1 is 1.36 bits per heavy atom. The molecule has 7 nitrogen and oxygen atoms in total. The van der Waals surface area contributed by atoms with E-state index in [9.17, 15) is 9.59 Å². The fourth-order valence-corrected chi connectivity index (χ4v) is 3.69. The van der Waals surface area contributed by atoms with Crippen molar-refractivity contribution in [2.24, 2.45) is 5.92 Å². The molecule has 3 aliphatic heterocycles. The third-order valence-electron chi connectivity index (χ3n) is 5.06. The van der Waals surface area contributed by atoms with Gasteiger partial charge in [-0.15, -0.1) is 0 Å². The third-order valence-corrected chi connectivity index (χ3v) is 5.06.